The van der Waals surface area contributed by atoms with Crippen molar-refractivity contribution in [3.05, 3.63) is 23.2 Å². The van der Waals surface area contributed by atoms with Gasteiger partial charge in [-0.05, 0) is 31.5 Å². The minimum Gasteiger partial charge on any atom is -0.397 e. The Hall–Kier alpha value is -0.890. The first-order chi connectivity index (χ1) is 6.69. The molecule has 1 aromatic rings. The van der Waals surface area contributed by atoms with E-state index in [0.29, 0.717) is 0 Å². The molecule has 2 N–H and O–H groups in total. The molecule has 0 unspecified atom stereocenters. The lowest BCUT2D eigenvalue weighted by Gasteiger charge is -2.24. The number of anilines is 2. The number of hydrogen-bond donors (Lipinski definition) is 1. The zero-order valence-electron chi connectivity index (χ0n) is 8.76. The van der Waals surface area contributed by atoms with E-state index in [2.05, 4.69) is 18.7 Å². The first-order valence-electron chi connectivity index (χ1n) is 4.99. The van der Waals surface area contributed by atoms with Crippen LogP contribution in [-0.2, 0) is 0 Å². The lowest BCUT2D eigenvalue weighted by Crippen LogP contribution is -2.24. The molecule has 0 aliphatic heterocycles. The van der Waals surface area contributed by atoms with Crippen LogP contribution in [0.3, 0.4) is 0 Å². The molecule has 0 aliphatic rings. The standard InChI is InChI=1S/C11H17ClN2/c1-3-7-14(4-2)11-8-9(12)5-6-10(11)13/h5-6,8H,3-4,7,13H2,1-2H3. The molecular weight excluding hydrogens is 196 g/mol. The molecule has 0 saturated carbocycles. The fourth-order valence-electron chi connectivity index (χ4n) is 1.51. The summed E-state index contributed by atoms with van der Waals surface area (Å²) in [6.07, 6.45) is 1.11. The first-order valence-corrected chi connectivity index (χ1v) is 5.36. The Morgan fingerprint density at radius 1 is 1.36 bits per heavy atom. The highest BCUT2D eigenvalue weighted by Gasteiger charge is 2.07. The van der Waals surface area contributed by atoms with Crippen LogP contribution in [0.1, 0.15) is 20.3 Å². The van der Waals surface area contributed by atoms with Crippen molar-refractivity contribution in [2.24, 2.45) is 0 Å². The number of nitrogen functional groups attached to an aromatic ring is 1. The van der Waals surface area contributed by atoms with Crippen molar-refractivity contribution in [2.75, 3.05) is 23.7 Å². The van der Waals surface area contributed by atoms with Crippen LogP contribution >= 0.6 is 11.6 Å². The summed E-state index contributed by atoms with van der Waals surface area (Å²) in [4.78, 5) is 2.24. The highest BCUT2D eigenvalue weighted by atomic mass is 35.5. The maximum absolute atomic E-state index is 5.94. The second kappa shape index (κ2) is 5.11. The van der Waals surface area contributed by atoms with Gasteiger partial charge in [0.05, 0.1) is 11.4 Å². The third kappa shape index (κ3) is 2.55. The monoisotopic (exact) mass is 212 g/mol. The van der Waals surface area contributed by atoms with Gasteiger partial charge in [0.25, 0.3) is 0 Å². The molecule has 0 amide bonds. The summed E-state index contributed by atoms with van der Waals surface area (Å²) < 4.78 is 0. The molecule has 0 aliphatic carbocycles. The second-order valence-corrected chi connectivity index (χ2v) is 3.72. The fourth-order valence-corrected chi connectivity index (χ4v) is 1.68. The third-order valence-electron chi connectivity index (χ3n) is 2.21. The van der Waals surface area contributed by atoms with Gasteiger partial charge in [0.1, 0.15) is 0 Å². The Bertz CT molecular complexity index is 299. The third-order valence-corrected chi connectivity index (χ3v) is 2.44. The number of benzene rings is 1. The van der Waals surface area contributed by atoms with Crippen LogP contribution in [0.2, 0.25) is 5.02 Å². The van der Waals surface area contributed by atoms with Gasteiger partial charge in [0.2, 0.25) is 0 Å². The summed E-state index contributed by atoms with van der Waals surface area (Å²) in [6.45, 7) is 6.25. The van der Waals surface area contributed by atoms with Crippen LogP contribution in [-0.4, -0.2) is 13.1 Å². The van der Waals surface area contributed by atoms with Gasteiger partial charge in [0, 0.05) is 18.1 Å². The summed E-state index contributed by atoms with van der Waals surface area (Å²) in [5, 5.41) is 0.740. The van der Waals surface area contributed by atoms with Crippen LogP contribution in [0.15, 0.2) is 18.2 Å². The Balaban J connectivity index is 2.96. The zero-order valence-corrected chi connectivity index (χ0v) is 9.51. The second-order valence-electron chi connectivity index (χ2n) is 3.28. The van der Waals surface area contributed by atoms with Crippen molar-refractivity contribution in [1.29, 1.82) is 0 Å². The highest BCUT2D eigenvalue weighted by molar-refractivity contribution is 6.31. The van der Waals surface area contributed by atoms with Gasteiger partial charge >= 0.3 is 0 Å². The molecule has 1 rings (SSSR count). The summed E-state index contributed by atoms with van der Waals surface area (Å²) in [6, 6.07) is 5.60. The SMILES string of the molecule is CCCN(CC)c1cc(Cl)ccc1N. The number of rotatable bonds is 4. The number of nitrogens with two attached hydrogens (primary N) is 1. The van der Waals surface area contributed by atoms with Gasteiger partial charge in [-0.2, -0.15) is 0 Å². The number of hydrogen-bond acceptors (Lipinski definition) is 2. The molecule has 0 radical (unpaired) electrons. The number of halogens is 1. The van der Waals surface area contributed by atoms with E-state index in [9.17, 15) is 0 Å². The molecule has 0 saturated heterocycles. The van der Waals surface area contributed by atoms with Crippen molar-refractivity contribution >= 4 is 23.0 Å². The molecule has 0 aromatic heterocycles. The molecule has 0 atom stereocenters. The minimum absolute atomic E-state index is 0.740. The molecule has 0 heterocycles. The molecule has 14 heavy (non-hydrogen) atoms. The Morgan fingerprint density at radius 3 is 2.64 bits per heavy atom. The van der Waals surface area contributed by atoms with Crippen molar-refractivity contribution < 1.29 is 0 Å². The number of nitrogens with zero attached hydrogens (tertiary/aromatic N) is 1. The largest absolute Gasteiger partial charge is 0.397 e. The van der Waals surface area contributed by atoms with Crippen LogP contribution in [0.4, 0.5) is 11.4 Å². The van der Waals surface area contributed by atoms with Crippen molar-refractivity contribution in [3.8, 4) is 0 Å². The summed E-state index contributed by atoms with van der Waals surface area (Å²) >= 11 is 5.94. The Morgan fingerprint density at radius 2 is 2.07 bits per heavy atom. The van der Waals surface area contributed by atoms with Crippen molar-refractivity contribution in [1.82, 2.24) is 0 Å². The topological polar surface area (TPSA) is 29.3 Å². The average molecular weight is 213 g/mol. The van der Waals surface area contributed by atoms with E-state index >= 15 is 0 Å². The lowest BCUT2D eigenvalue weighted by molar-refractivity contribution is 0.793. The van der Waals surface area contributed by atoms with Gasteiger partial charge in [-0.1, -0.05) is 18.5 Å². The summed E-state index contributed by atoms with van der Waals surface area (Å²) in [5.74, 6) is 0. The van der Waals surface area contributed by atoms with Crippen LogP contribution < -0.4 is 10.6 Å². The van der Waals surface area contributed by atoms with Crippen molar-refractivity contribution in [3.63, 3.8) is 0 Å². The molecule has 1 aromatic carbocycles. The molecule has 0 fully saturated rings. The van der Waals surface area contributed by atoms with Gasteiger partial charge in [0.15, 0.2) is 0 Å². The highest BCUT2D eigenvalue weighted by Crippen LogP contribution is 2.26. The smallest absolute Gasteiger partial charge is 0.0614 e. The van der Waals surface area contributed by atoms with E-state index < -0.39 is 0 Å². The van der Waals surface area contributed by atoms with Crippen molar-refractivity contribution in [2.45, 2.75) is 20.3 Å². The van der Waals surface area contributed by atoms with E-state index in [1.165, 1.54) is 0 Å². The molecule has 0 bridgehead atoms. The summed E-state index contributed by atoms with van der Waals surface area (Å²) in [5.41, 5.74) is 7.74. The quantitative estimate of drug-likeness (QED) is 0.777. The molecule has 2 nitrogen and oxygen atoms in total. The first kappa shape index (κ1) is 11.2. The molecular formula is C11H17ClN2. The molecule has 78 valence electrons. The Kier molecular flexibility index (Phi) is 4.08. The van der Waals surface area contributed by atoms with Crippen LogP contribution in [0.5, 0.6) is 0 Å². The average Bonchev–Trinajstić information content (AvgIpc) is 2.18. The van der Waals surface area contributed by atoms with Crippen LogP contribution in [0, 0.1) is 0 Å². The van der Waals surface area contributed by atoms with Gasteiger partial charge < -0.3 is 10.6 Å². The van der Waals surface area contributed by atoms with E-state index in [4.69, 9.17) is 17.3 Å². The van der Waals surface area contributed by atoms with Gasteiger partial charge in [-0.25, -0.2) is 0 Å². The maximum atomic E-state index is 5.94. The predicted octanol–water partition coefficient (Wildman–Crippen LogP) is 3.16. The van der Waals surface area contributed by atoms with Crippen LogP contribution in [0.25, 0.3) is 0 Å². The van der Waals surface area contributed by atoms with E-state index in [0.717, 1.165) is 35.9 Å². The summed E-state index contributed by atoms with van der Waals surface area (Å²) in [7, 11) is 0. The Labute approximate surface area is 90.7 Å². The van der Waals surface area contributed by atoms with E-state index in [-0.39, 0.29) is 0 Å². The molecule has 0 spiro atoms. The minimum atomic E-state index is 0.740. The lowest BCUT2D eigenvalue weighted by atomic mass is 10.2. The van der Waals surface area contributed by atoms with E-state index in [1.54, 1.807) is 0 Å². The fraction of sp³-hybridized carbons (Fsp3) is 0.455. The van der Waals surface area contributed by atoms with Gasteiger partial charge in [-0.15, -0.1) is 0 Å². The zero-order chi connectivity index (χ0) is 10.6. The normalized spacial score (nSPS) is 10.2. The van der Waals surface area contributed by atoms with E-state index in [1.807, 2.05) is 18.2 Å². The molecule has 3 heteroatoms. The predicted molar refractivity (Wildman–Crippen MR) is 64.0 cm³/mol. The maximum Gasteiger partial charge on any atom is 0.0614 e. The van der Waals surface area contributed by atoms with Gasteiger partial charge in [-0.3, -0.25) is 0 Å².